The molecule has 0 unspecified atom stereocenters. The summed E-state index contributed by atoms with van der Waals surface area (Å²) in [5.41, 5.74) is 5.02. The Kier molecular flexibility index (Phi) is 5.03. The van der Waals surface area contributed by atoms with E-state index in [1.807, 2.05) is 0 Å². The van der Waals surface area contributed by atoms with Gasteiger partial charge in [-0.25, -0.2) is 8.78 Å². The second kappa shape index (κ2) is 6.30. The highest BCUT2D eigenvalue weighted by Gasteiger charge is 2.18. The fraction of sp³-hybridized carbons (Fsp3) is 0.417. The Balaban J connectivity index is 2.72. The van der Waals surface area contributed by atoms with Gasteiger partial charge in [-0.05, 0) is 37.9 Å². The second-order valence-corrected chi connectivity index (χ2v) is 3.80. The second-order valence-electron chi connectivity index (χ2n) is 3.80. The summed E-state index contributed by atoms with van der Waals surface area (Å²) in [4.78, 5) is 11.6. The molecule has 17 heavy (non-hydrogen) atoms. The maximum Gasteiger partial charge on any atom is 0.257 e. The van der Waals surface area contributed by atoms with Crippen molar-refractivity contribution in [1.82, 2.24) is 5.32 Å². The highest BCUT2D eigenvalue weighted by molar-refractivity contribution is 5.94. The van der Waals surface area contributed by atoms with E-state index in [0.717, 1.165) is 12.5 Å². The van der Waals surface area contributed by atoms with Crippen molar-refractivity contribution in [1.29, 1.82) is 0 Å². The lowest BCUT2D eigenvalue weighted by Crippen LogP contribution is -2.27. The lowest BCUT2D eigenvalue weighted by molar-refractivity contribution is 0.0944. The number of aryl methyl sites for hydroxylation is 1. The van der Waals surface area contributed by atoms with Crippen molar-refractivity contribution in [3.63, 3.8) is 0 Å². The van der Waals surface area contributed by atoms with Crippen molar-refractivity contribution in [2.75, 3.05) is 13.1 Å². The molecule has 0 saturated carbocycles. The molecule has 0 spiro atoms. The fourth-order valence-corrected chi connectivity index (χ4v) is 1.42. The maximum absolute atomic E-state index is 13.6. The van der Waals surface area contributed by atoms with Gasteiger partial charge in [-0.15, -0.1) is 0 Å². The summed E-state index contributed by atoms with van der Waals surface area (Å²) >= 11 is 0. The number of rotatable bonds is 5. The Hall–Kier alpha value is -1.49. The molecule has 1 amide bonds. The standard InChI is InChI=1S/C12H16F2N2O/c1-8-4-5-9(13)10(11(8)14)12(17)16-7-3-2-6-15/h4-5H,2-3,6-7,15H2,1H3,(H,16,17). The van der Waals surface area contributed by atoms with Crippen molar-refractivity contribution >= 4 is 5.91 Å². The lowest BCUT2D eigenvalue weighted by atomic mass is 10.1. The number of hydrogen-bond acceptors (Lipinski definition) is 2. The first-order chi connectivity index (χ1) is 8.07. The zero-order chi connectivity index (χ0) is 12.8. The summed E-state index contributed by atoms with van der Waals surface area (Å²) in [5, 5.41) is 2.47. The number of nitrogens with one attached hydrogen (secondary N) is 1. The highest BCUT2D eigenvalue weighted by Crippen LogP contribution is 2.15. The van der Waals surface area contributed by atoms with Gasteiger partial charge < -0.3 is 11.1 Å². The molecule has 0 bridgehead atoms. The number of carbonyl (C=O) groups excluding carboxylic acids is 1. The maximum atomic E-state index is 13.6. The van der Waals surface area contributed by atoms with Gasteiger partial charge in [0, 0.05) is 6.54 Å². The molecule has 0 aliphatic carbocycles. The van der Waals surface area contributed by atoms with Gasteiger partial charge in [0.15, 0.2) is 0 Å². The lowest BCUT2D eigenvalue weighted by Gasteiger charge is -2.08. The van der Waals surface area contributed by atoms with Gasteiger partial charge in [0.25, 0.3) is 5.91 Å². The first-order valence-corrected chi connectivity index (χ1v) is 5.50. The van der Waals surface area contributed by atoms with Crippen LogP contribution in [-0.4, -0.2) is 19.0 Å². The first kappa shape index (κ1) is 13.6. The third-order valence-corrected chi connectivity index (χ3v) is 2.43. The fourth-order valence-electron chi connectivity index (χ4n) is 1.42. The van der Waals surface area contributed by atoms with Crippen molar-refractivity contribution in [3.8, 4) is 0 Å². The molecule has 5 heteroatoms. The Bertz CT molecular complexity index is 408. The minimum Gasteiger partial charge on any atom is -0.352 e. The molecule has 0 fully saturated rings. The smallest absolute Gasteiger partial charge is 0.257 e. The monoisotopic (exact) mass is 242 g/mol. The van der Waals surface area contributed by atoms with Gasteiger partial charge >= 0.3 is 0 Å². The number of benzene rings is 1. The van der Waals surface area contributed by atoms with Crippen LogP contribution in [0.3, 0.4) is 0 Å². The van der Waals surface area contributed by atoms with Crippen LogP contribution in [0.4, 0.5) is 8.78 Å². The minimum atomic E-state index is -0.843. The minimum absolute atomic E-state index is 0.249. The first-order valence-electron chi connectivity index (χ1n) is 5.50. The third kappa shape index (κ3) is 3.49. The summed E-state index contributed by atoms with van der Waals surface area (Å²) < 4.78 is 26.9. The van der Waals surface area contributed by atoms with Gasteiger partial charge in [-0.2, -0.15) is 0 Å². The summed E-state index contributed by atoms with van der Waals surface area (Å²) in [5.74, 6) is -2.37. The van der Waals surface area contributed by atoms with Crippen LogP contribution in [0, 0.1) is 18.6 Å². The zero-order valence-corrected chi connectivity index (χ0v) is 9.72. The molecule has 3 N–H and O–H groups in total. The van der Waals surface area contributed by atoms with Gasteiger partial charge in [-0.3, -0.25) is 4.79 Å². The van der Waals surface area contributed by atoms with Gasteiger partial charge in [0.2, 0.25) is 0 Å². The summed E-state index contributed by atoms with van der Waals surface area (Å²) in [7, 11) is 0. The average molecular weight is 242 g/mol. The molecule has 0 heterocycles. The topological polar surface area (TPSA) is 55.1 Å². The van der Waals surface area contributed by atoms with E-state index < -0.39 is 23.1 Å². The molecule has 0 radical (unpaired) electrons. The molecule has 0 aliphatic heterocycles. The van der Waals surface area contributed by atoms with Gasteiger partial charge in [0.05, 0.1) is 0 Å². The van der Waals surface area contributed by atoms with Crippen LogP contribution in [0.2, 0.25) is 0 Å². The number of nitrogens with two attached hydrogens (primary N) is 1. The third-order valence-electron chi connectivity index (χ3n) is 2.43. The summed E-state index contributed by atoms with van der Waals surface area (Å²) in [6.07, 6.45) is 1.45. The molecule has 0 atom stereocenters. The van der Waals surface area contributed by atoms with E-state index in [1.165, 1.54) is 13.0 Å². The van der Waals surface area contributed by atoms with Crippen LogP contribution in [-0.2, 0) is 0 Å². The van der Waals surface area contributed by atoms with Crippen LogP contribution in [0.25, 0.3) is 0 Å². The zero-order valence-electron chi connectivity index (χ0n) is 9.72. The molecular weight excluding hydrogens is 226 g/mol. The Morgan fingerprint density at radius 2 is 2.06 bits per heavy atom. The normalized spacial score (nSPS) is 10.4. The average Bonchev–Trinajstić information content (AvgIpc) is 2.30. The molecule has 0 saturated heterocycles. The number of unbranched alkanes of at least 4 members (excludes halogenated alkanes) is 1. The molecule has 94 valence electrons. The SMILES string of the molecule is Cc1ccc(F)c(C(=O)NCCCCN)c1F. The Labute approximate surface area is 99.0 Å². The Morgan fingerprint density at radius 1 is 1.35 bits per heavy atom. The predicted octanol–water partition coefficient (Wildman–Crippen LogP) is 1.74. The van der Waals surface area contributed by atoms with E-state index in [1.54, 1.807) is 0 Å². The van der Waals surface area contributed by atoms with Crippen LogP contribution >= 0.6 is 0 Å². The van der Waals surface area contributed by atoms with Crippen molar-refractivity contribution in [2.45, 2.75) is 19.8 Å². The predicted molar refractivity (Wildman–Crippen MR) is 61.7 cm³/mol. The molecule has 1 rings (SSSR count). The number of amides is 1. The van der Waals surface area contributed by atoms with Crippen molar-refractivity contribution in [3.05, 3.63) is 34.9 Å². The molecule has 0 aliphatic rings. The summed E-state index contributed by atoms with van der Waals surface area (Å²) in [6.45, 7) is 2.38. The van der Waals surface area contributed by atoms with E-state index in [0.29, 0.717) is 19.5 Å². The molecular formula is C12H16F2N2O. The van der Waals surface area contributed by atoms with E-state index in [4.69, 9.17) is 5.73 Å². The van der Waals surface area contributed by atoms with Gasteiger partial charge in [-0.1, -0.05) is 6.07 Å². The van der Waals surface area contributed by atoms with E-state index in [-0.39, 0.29) is 5.56 Å². The highest BCUT2D eigenvalue weighted by atomic mass is 19.1. The van der Waals surface area contributed by atoms with E-state index >= 15 is 0 Å². The Morgan fingerprint density at radius 3 is 2.71 bits per heavy atom. The largest absolute Gasteiger partial charge is 0.352 e. The van der Waals surface area contributed by atoms with Crippen LogP contribution in [0.1, 0.15) is 28.8 Å². The number of hydrogen-bond donors (Lipinski definition) is 2. The van der Waals surface area contributed by atoms with Crippen LogP contribution in [0.5, 0.6) is 0 Å². The number of carbonyl (C=O) groups is 1. The molecule has 0 aromatic heterocycles. The van der Waals surface area contributed by atoms with Gasteiger partial charge in [0.1, 0.15) is 17.2 Å². The molecule has 1 aromatic carbocycles. The van der Waals surface area contributed by atoms with Crippen molar-refractivity contribution in [2.24, 2.45) is 5.73 Å². The molecule has 3 nitrogen and oxygen atoms in total. The van der Waals surface area contributed by atoms with Crippen LogP contribution in [0.15, 0.2) is 12.1 Å². The van der Waals surface area contributed by atoms with E-state index in [9.17, 15) is 13.6 Å². The van der Waals surface area contributed by atoms with Crippen LogP contribution < -0.4 is 11.1 Å². The number of halogens is 2. The molecule has 1 aromatic rings. The van der Waals surface area contributed by atoms with Crippen molar-refractivity contribution < 1.29 is 13.6 Å². The quantitative estimate of drug-likeness (QED) is 0.773. The summed E-state index contributed by atoms with van der Waals surface area (Å²) in [6, 6.07) is 2.39. The van der Waals surface area contributed by atoms with E-state index in [2.05, 4.69) is 5.32 Å².